The second-order valence-electron chi connectivity index (χ2n) is 5.70. The van der Waals surface area contributed by atoms with Crippen LogP contribution in [0.25, 0.3) is 0 Å². The maximum Gasteiger partial charge on any atom is 0.325 e. The van der Waals surface area contributed by atoms with Crippen LogP contribution in [-0.4, -0.2) is 16.8 Å². The zero-order valence-corrected chi connectivity index (χ0v) is 12.9. The van der Waals surface area contributed by atoms with Crippen LogP contribution in [0.4, 0.5) is 9.18 Å². The molecule has 24 heavy (non-hydrogen) atoms. The van der Waals surface area contributed by atoms with Crippen LogP contribution in [0.1, 0.15) is 23.6 Å². The van der Waals surface area contributed by atoms with Gasteiger partial charge in [-0.2, -0.15) is 5.26 Å². The van der Waals surface area contributed by atoms with E-state index in [1.165, 1.54) is 25.1 Å². The molecule has 1 N–H and O–H groups in total. The van der Waals surface area contributed by atoms with Crippen molar-refractivity contribution in [3.8, 4) is 6.07 Å². The van der Waals surface area contributed by atoms with Crippen LogP contribution < -0.4 is 5.32 Å². The number of amides is 3. The number of imide groups is 1. The molecule has 0 aromatic heterocycles. The van der Waals surface area contributed by atoms with E-state index in [1.54, 1.807) is 30.3 Å². The van der Waals surface area contributed by atoms with Crippen molar-refractivity contribution in [1.82, 2.24) is 10.2 Å². The summed E-state index contributed by atoms with van der Waals surface area (Å²) in [5.41, 5.74) is -0.414. The van der Waals surface area contributed by atoms with Crippen LogP contribution in [0.15, 0.2) is 48.5 Å². The highest BCUT2D eigenvalue weighted by Crippen LogP contribution is 2.31. The van der Waals surface area contributed by atoms with Crippen molar-refractivity contribution in [1.29, 1.82) is 5.26 Å². The highest BCUT2D eigenvalue weighted by Gasteiger charge is 2.50. The first kappa shape index (κ1) is 15.7. The largest absolute Gasteiger partial charge is 0.325 e. The second kappa shape index (κ2) is 5.78. The van der Waals surface area contributed by atoms with E-state index in [9.17, 15) is 14.0 Å². The average Bonchev–Trinajstić information content (AvgIpc) is 2.80. The molecule has 1 fully saturated rings. The van der Waals surface area contributed by atoms with E-state index in [1.807, 2.05) is 6.07 Å². The van der Waals surface area contributed by atoms with Gasteiger partial charge in [0.1, 0.15) is 11.4 Å². The Bertz CT molecular complexity index is 875. The van der Waals surface area contributed by atoms with E-state index in [2.05, 4.69) is 5.32 Å². The van der Waals surface area contributed by atoms with Gasteiger partial charge in [-0.1, -0.05) is 36.4 Å². The lowest BCUT2D eigenvalue weighted by Gasteiger charge is -2.22. The van der Waals surface area contributed by atoms with Gasteiger partial charge in [0, 0.05) is 5.56 Å². The van der Waals surface area contributed by atoms with Gasteiger partial charge >= 0.3 is 6.03 Å². The second-order valence-corrected chi connectivity index (χ2v) is 5.70. The fraction of sp³-hybridized carbons (Fsp3) is 0.167. The monoisotopic (exact) mass is 323 g/mol. The van der Waals surface area contributed by atoms with Crippen LogP contribution in [0.2, 0.25) is 0 Å². The zero-order valence-electron chi connectivity index (χ0n) is 12.9. The Morgan fingerprint density at radius 2 is 1.83 bits per heavy atom. The van der Waals surface area contributed by atoms with E-state index in [4.69, 9.17) is 5.26 Å². The normalized spacial score (nSPS) is 20.0. The number of rotatable bonds is 3. The van der Waals surface area contributed by atoms with Gasteiger partial charge in [0.2, 0.25) is 0 Å². The third-order valence-electron chi connectivity index (χ3n) is 4.15. The Morgan fingerprint density at radius 1 is 1.17 bits per heavy atom. The topological polar surface area (TPSA) is 73.2 Å². The summed E-state index contributed by atoms with van der Waals surface area (Å²) >= 11 is 0. The lowest BCUT2D eigenvalue weighted by Crippen LogP contribution is -2.41. The number of carbonyl (C=O) groups is 2. The molecule has 120 valence electrons. The van der Waals surface area contributed by atoms with E-state index >= 15 is 0 Å². The molecule has 0 radical (unpaired) electrons. The molecule has 1 aliphatic heterocycles. The van der Waals surface area contributed by atoms with Gasteiger partial charge in [0.25, 0.3) is 5.91 Å². The third kappa shape index (κ3) is 2.40. The SMILES string of the molecule is CC1(c2ccccc2F)NC(=O)N(Cc2ccccc2C#N)C1=O. The molecule has 0 spiro atoms. The number of halogens is 1. The molecule has 3 amide bonds. The van der Waals surface area contributed by atoms with E-state index in [-0.39, 0.29) is 12.1 Å². The number of hydrogen-bond donors (Lipinski definition) is 1. The summed E-state index contributed by atoms with van der Waals surface area (Å²) in [4.78, 5) is 26.1. The Hall–Kier alpha value is -3.20. The number of benzene rings is 2. The number of nitrogens with zero attached hydrogens (tertiary/aromatic N) is 2. The maximum absolute atomic E-state index is 14.1. The average molecular weight is 323 g/mol. The molecule has 1 atom stereocenters. The summed E-state index contributed by atoms with van der Waals surface area (Å²) in [6.07, 6.45) is 0. The molecule has 5 nitrogen and oxygen atoms in total. The number of urea groups is 1. The predicted molar refractivity (Wildman–Crippen MR) is 84.0 cm³/mol. The molecule has 6 heteroatoms. The van der Waals surface area contributed by atoms with Crippen molar-refractivity contribution >= 4 is 11.9 Å². The van der Waals surface area contributed by atoms with Gasteiger partial charge in [-0.25, -0.2) is 9.18 Å². The highest BCUT2D eigenvalue weighted by molar-refractivity contribution is 6.07. The molecule has 1 unspecified atom stereocenters. The van der Waals surface area contributed by atoms with E-state index in [0.717, 1.165) is 4.90 Å². The third-order valence-corrected chi connectivity index (χ3v) is 4.15. The van der Waals surface area contributed by atoms with Crippen molar-refractivity contribution in [2.45, 2.75) is 19.0 Å². The van der Waals surface area contributed by atoms with Crippen molar-refractivity contribution in [3.63, 3.8) is 0 Å². The fourth-order valence-electron chi connectivity index (χ4n) is 2.83. The number of carbonyl (C=O) groups excluding carboxylic acids is 2. The van der Waals surface area contributed by atoms with Gasteiger partial charge in [0.05, 0.1) is 18.2 Å². The molecular formula is C18H14FN3O2. The van der Waals surface area contributed by atoms with Gasteiger partial charge in [-0.3, -0.25) is 9.69 Å². The summed E-state index contributed by atoms with van der Waals surface area (Å²) in [5.74, 6) is -1.11. The first-order valence-electron chi connectivity index (χ1n) is 7.34. The van der Waals surface area contributed by atoms with Crippen LogP contribution >= 0.6 is 0 Å². The molecule has 0 saturated carbocycles. The maximum atomic E-state index is 14.1. The van der Waals surface area contributed by atoms with Gasteiger partial charge < -0.3 is 5.32 Å². The van der Waals surface area contributed by atoms with Crippen LogP contribution in [0, 0.1) is 17.1 Å². The van der Waals surface area contributed by atoms with Crippen LogP contribution in [-0.2, 0) is 16.9 Å². The molecule has 3 rings (SSSR count). The summed E-state index contributed by atoms with van der Waals surface area (Å²) in [6.45, 7) is 1.43. The molecular weight excluding hydrogens is 309 g/mol. The van der Waals surface area contributed by atoms with E-state index in [0.29, 0.717) is 11.1 Å². The summed E-state index contributed by atoms with van der Waals surface area (Å²) < 4.78 is 14.1. The van der Waals surface area contributed by atoms with Crippen molar-refractivity contribution in [2.75, 3.05) is 0 Å². The molecule has 1 saturated heterocycles. The Labute approximate surface area is 138 Å². The first-order valence-corrected chi connectivity index (χ1v) is 7.34. The molecule has 1 aliphatic rings. The molecule has 0 aliphatic carbocycles. The summed E-state index contributed by atoms with van der Waals surface area (Å²) in [6, 6.07) is 14.0. The number of nitrogens with one attached hydrogen (secondary N) is 1. The Kier molecular flexibility index (Phi) is 3.78. The molecule has 2 aromatic carbocycles. The van der Waals surface area contributed by atoms with Crippen molar-refractivity contribution in [3.05, 3.63) is 71.0 Å². The molecule has 1 heterocycles. The van der Waals surface area contributed by atoms with Crippen molar-refractivity contribution < 1.29 is 14.0 Å². The lowest BCUT2D eigenvalue weighted by atomic mass is 9.91. The van der Waals surface area contributed by atoms with E-state index < -0.39 is 23.3 Å². The summed E-state index contributed by atoms with van der Waals surface area (Å²) in [5, 5.41) is 11.7. The van der Waals surface area contributed by atoms with Gasteiger partial charge in [-0.05, 0) is 24.6 Å². The quantitative estimate of drug-likeness (QED) is 0.883. The first-order chi connectivity index (χ1) is 11.5. The molecule has 2 aromatic rings. The highest BCUT2D eigenvalue weighted by atomic mass is 19.1. The minimum absolute atomic E-state index is 0.0432. The van der Waals surface area contributed by atoms with Crippen LogP contribution in [0.5, 0.6) is 0 Å². The van der Waals surface area contributed by atoms with Crippen molar-refractivity contribution in [2.24, 2.45) is 0 Å². The molecule has 0 bridgehead atoms. The van der Waals surface area contributed by atoms with Crippen LogP contribution in [0.3, 0.4) is 0 Å². The minimum Gasteiger partial charge on any atom is -0.319 e. The zero-order chi connectivity index (χ0) is 17.3. The summed E-state index contributed by atoms with van der Waals surface area (Å²) in [7, 11) is 0. The number of hydrogen-bond acceptors (Lipinski definition) is 3. The van der Waals surface area contributed by atoms with Gasteiger partial charge in [-0.15, -0.1) is 0 Å². The Morgan fingerprint density at radius 3 is 2.54 bits per heavy atom. The standard InChI is InChI=1S/C18H14FN3O2/c1-18(14-8-4-5-9-15(14)19)16(23)22(17(24)21-18)11-13-7-3-2-6-12(13)10-20/h2-9H,11H2,1H3,(H,21,24). The smallest absolute Gasteiger partial charge is 0.319 e. The minimum atomic E-state index is -1.47. The Balaban J connectivity index is 1.96. The lowest BCUT2D eigenvalue weighted by molar-refractivity contribution is -0.131. The van der Waals surface area contributed by atoms with Gasteiger partial charge in [0.15, 0.2) is 0 Å². The number of nitriles is 1. The fourth-order valence-corrected chi connectivity index (χ4v) is 2.83. The predicted octanol–water partition coefficient (Wildman–Crippen LogP) is 2.66.